The standard InChI is InChI=1S/C47H71N5O5/c1-29(2)31(5)42(6)21-22-44(8)33-16-17-36-43(7)25-56-27-47(36,34(33)18-20-45(44,9)37(42)41(54)55)24-35(38(43)57-26-46(10,48)30(3)4)52-39(50-28-51-52)40(53)49-23-19-32-14-12-11-13-15-32/h11-15,18,28-31,33,35-38H,16-17,19-27,48H2,1-10H3,(H,49,53)(H,54,55)/t31-,33+,35-,36+,37-,38+,42-,43-,44-,45+,46+,47+/m1/s1. The van der Waals surface area contributed by atoms with Gasteiger partial charge in [0, 0.05) is 22.9 Å². The van der Waals surface area contributed by atoms with Crippen molar-refractivity contribution in [1.29, 1.82) is 0 Å². The van der Waals surface area contributed by atoms with Crippen molar-refractivity contribution in [2.24, 2.45) is 68.3 Å². The zero-order valence-corrected chi connectivity index (χ0v) is 36.4. The molecule has 0 radical (unpaired) electrons. The van der Waals surface area contributed by atoms with Crippen LogP contribution < -0.4 is 11.1 Å². The summed E-state index contributed by atoms with van der Waals surface area (Å²) >= 11 is 0. The van der Waals surface area contributed by atoms with E-state index in [1.54, 1.807) is 0 Å². The van der Waals surface area contributed by atoms with E-state index in [-0.39, 0.29) is 63.8 Å². The molecule has 10 heteroatoms. The van der Waals surface area contributed by atoms with Gasteiger partial charge in [-0.3, -0.25) is 9.59 Å². The number of carbonyl (C=O) groups is 2. The maximum atomic E-state index is 14.0. The first-order chi connectivity index (χ1) is 26.8. The van der Waals surface area contributed by atoms with Crippen molar-refractivity contribution in [2.75, 3.05) is 26.4 Å². The van der Waals surface area contributed by atoms with Crippen molar-refractivity contribution in [1.82, 2.24) is 20.1 Å². The van der Waals surface area contributed by atoms with Crippen LogP contribution in [0.2, 0.25) is 0 Å². The van der Waals surface area contributed by atoms with Crippen LogP contribution in [0, 0.1) is 62.6 Å². The molecule has 1 aliphatic heterocycles. The van der Waals surface area contributed by atoms with E-state index in [4.69, 9.17) is 20.3 Å². The van der Waals surface area contributed by atoms with E-state index in [2.05, 4.69) is 97.7 Å². The molecule has 2 aromatic rings. The molecule has 1 amide bonds. The third kappa shape index (κ3) is 6.53. The molecule has 5 aliphatic rings. The SMILES string of the molecule is CC(C)[C@@H](C)[C@@]1(C)CC[C@]2(C)[C@H]3CC[C@@H]4[C@@]5(COC[C@@]4(C)[C@@H](OC[C@](C)(N)C(C)C)[C@H](n4ncnc4C(=O)NCCc4ccccc4)C5)C3=CC[C@@]2(C)[C@@H]1C(=O)O. The number of nitrogens with one attached hydrogen (secondary N) is 1. The number of carboxylic acids is 1. The number of nitrogens with zero attached hydrogens (tertiary/aromatic N) is 3. The minimum absolute atomic E-state index is 0.194. The maximum absolute atomic E-state index is 14.0. The summed E-state index contributed by atoms with van der Waals surface area (Å²) in [5.74, 6) is 0.301. The lowest BCUT2D eigenvalue weighted by atomic mass is 9.34. The molecule has 1 saturated heterocycles. The first kappa shape index (κ1) is 42.1. The predicted molar refractivity (Wildman–Crippen MR) is 222 cm³/mol. The molecular formula is C47H71N5O5. The van der Waals surface area contributed by atoms with Gasteiger partial charge in [0.05, 0.1) is 37.9 Å². The van der Waals surface area contributed by atoms with Gasteiger partial charge in [0.1, 0.15) is 6.33 Å². The largest absolute Gasteiger partial charge is 0.481 e. The summed E-state index contributed by atoms with van der Waals surface area (Å²) in [4.78, 5) is 32.2. The maximum Gasteiger partial charge on any atom is 0.307 e. The number of hydrogen-bond acceptors (Lipinski definition) is 7. The molecule has 4 N–H and O–H groups in total. The molecule has 1 aromatic carbocycles. The number of aromatic nitrogens is 3. The number of fused-ring (bicyclic) bond motifs is 3. The fourth-order valence-electron chi connectivity index (χ4n) is 13.3. The second-order valence-corrected chi connectivity index (χ2v) is 21.0. The molecule has 57 heavy (non-hydrogen) atoms. The molecule has 3 saturated carbocycles. The van der Waals surface area contributed by atoms with Crippen molar-refractivity contribution in [3.8, 4) is 0 Å². The molecule has 10 nitrogen and oxygen atoms in total. The highest BCUT2D eigenvalue weighted by atomic mass is 16.5. The number of hydrogen-bond donors (Lipinski definition) is 3. The van der Waals surface area contributed by atoms with Crippen LogP contribution in [0.3, 0.4) is 0 Å². The van der Waals surface area contributed by atoms with Crippen LogP contribution in [0.4, 0.5) is 0 Å². The second kappa shape index (κ2) is 14.9. The van der Waals surface area contributed by atoms with E-state index in [1.165, 1.54) is 11.9 Å². The summed E-state index contributed by atoms with van der Waals surface area (Å²) in [7, 11) is 0. The van der Waals surface area contributed by atoms with Gasteiger partial charge < -0.3 is 25.6 Å². The summed E-state index contributed by atoms with van der Waals surface area (Å²) in [6.45, 7) is 24.4. The second-order valence-electron chi connectivity index (χ2n) is 21.0. The highest BCUT2D eigenvalue weighted by Crippen LogP contribution is 2.75. The van der Waals surface area contributed by atoms with Crippen LogP contribution in [0.15, 0.2) is 48.3 Å². The molecular weight excluding hydrogens is 715 g/mol. The highest BCUT2D eigenvalue weighted by molar-refractivity contribution is 5.90. The van der Waals surface area contributed by atoms with E-state index in [0.717, 1.165) is 37.7 Å². The average Bonchev–Trinajstić information content (AvgIpc) is 3.64. The van der Waals surface area contributed by atoms with Gasteiger partial charge in [-0.05, 0) is 103 Å². The molecule has 0 spiro atoms. The Morgan fingerprint density at radius 2 is 1.77 bits per heavy atom. The number of amides is 1. The van der Waals surface area contributed by atoms with Gasteiger partial charge >= 0.3 is 5.97 Å². The quantitative estimate of drug-likeness (QED) is 0.183. The number of ether oxygens (including phenoxy) is 2. The van der Waals surface area contributed by atoms with Gasteiger partial charge in [-0.15, -0.1) is 0 Å². The summed E-state index contributed by atoms with van der Waals surface area (Å²) in [6, 6.07) is 9.85. The number of benzene rings is 1. The average molecular weight is 786 g/mol. The van der Waals surface area contributed by atoms with E-state index in [0.29, 0.717) is 45.1 Å². The molecule has 0 unspecified atom stereocenters. The summed E-state index contributed by atoms with van der Waals surface area (Å²) in [5, 5.41) is 19.1. The van der Waals surface area contributed by atoms with Crippen LogP contribution in [0.5, 0.6) is 0 Å². The first-order valence-corrected chi connectivity index (χ1v) is 21.9. The van der Waals surface area contributed by atoms with Crippen LogP contribution in [0.25, 0.3) is 0 Å². The first-order valence-electron chi connectivity index (χ1n) is 21.9. The van der Waals surface area contributed by atoms with Gasteiger partial charge in [-0.2, -0.15) is 5.10 Å². The van der Waals surface area contributed by atoms with E-state index >= 15 is 0 Å². The van der Waals surface area contributed by atoms with Gasteiger partial charge in [-0.1, -0.05) is 104 Å². The van der Waals surface area contributed by atoms with Crippen molar-refractivity contribution in [2.45, 2.75) is 132 Å². The number of nitrogens with two attached hydrogens (primary N) is 1. The topological polar surface area (TPSA) is 142 Å². The third-order valence-electron chi connectivity index (χ3n) is 17.6. The molecule has 1 aromatic heterocycles. The van der Waals surface area contributed by atoms with Crippen molar-refractivity contribution in [3.63, 3.8) is 0 Å². The summed E-state index contributed by atoms with van der Waals surface area (Å²) in [6.07, 6.45) is 9.69. The summed E-state index contributed by atoms with van der Waals surface area (Å²) < 4.78 is 15.7. The number of aliphatic carboxylic acids is 1. The van der Waals surface area contributed by atoms with Gasteiger partial charge in [-0.25, -0.2) is 9.67 Å². The molecule has 4 fully saturated rings. The van der Waals surface area contributed by atoms with Crippen LogP contribution >= 0.6 is 0 Å². The lowest BCUT2D eigenvalue weighted by Crippen LogP contribution is -2.69. The van der Waals surface area contributed by atoms with Gasteiger partial charge in [0.2, 0.25) is 5.82 Å². The predicted octanol–water partition coefficient (Wildman–Crippen LogP) is 8.14. The van der Waals surface area contributed by atoms with Crippen LogP contribution in [0.1, 0.15) is 130 Å². The molecule has 314 valence electrons. The minimum atomic E-state index is -0.650. The van der Waals surface area contributed by atoms with E-state index in [1.807, 2.05) is 22.9 Å². The molecule has 4 aliphatic carbocycles. The Kier molecular flexibility index (Phi) is 11.0. The fourth-order valence-corrected chi connectivity index (χ4v) is 13.3. The Labute approximate surface area is 341 Å². The lowest BCUT2D eigenvalue weighted by molar-refractivity contribution is -0.252. The Hall–Kier alpha value is -3.08. The van der Waals surface area contributed by atoms with Gasteiger partial charge in [0.25, 0.3) is 5.91 Å². The van der Waals surface area contributed by atoms with Crippen LogP contribution in [-0.4, -0.2) is 69.8 Å². The van der Waals surface area contributed by atoms with Crippen molar-refractivity contribution >= 4 is 11.9 Å². The zero-order valence-electron chi connectivity index (χ0n) is 36.4. The summed E-state index contributed by atoms with van der Waals surface area (Å²) in [5.41, 5.74) is 7.27. The van der Waals surface area contributed by atoms with Gasteiger partial charge in [0.15, 0.2) is 0 Å². The van der Waals surface area contributed by atoms with Crippen molar-refractivity contribution in [3.05, 3.63) is 59.7 Å². The number of carbonyl (C=O) groups excluding carboxylic acids is 1. The normalized spacial score (nSPS) is 39.0. The molecule has 2 heterocycles. The Morgan fingerprint density at radius 3 is 2.44 bits per heavy atom. The van der Waals surface area contributed by atoms with E-state index < -0.39 is 28.3 Å². The third-order valence-corrected chi connectivity index (χ3v) is 17.6. The Morgan fingerprint density at radius 1 is 1.05 bits per heavy atom. The monoisotopic (exact) mass is 786 g/mol. The smallest absolute Gasteiger partial charge is 0.307 e. The molecule has 12 atom stereocenters. The van der Waals surface area contributed by atoms with Crippen LogP contribution in [-0.2, 0) is 20.7 Å². The Balaban J connectivity index is 1.29. The highest BCUT2D eigenvalue weighted by Gasteiger charge is 2.72. The number of carboxylic acid groups (broad SMARTS) is 1. The minimum Gasteiger partial charge on any atom is -0.481 e. The van der Waals surface area contributed by atoms with E-state index in [9.17, 15) is 14.7 Å². The molecule has 7 rings (SSSR count). The van der Waals surface area contributed by atoms with Crippen molar-refractivity contribution < 1.29 is 24.2 Å². The fraction of sp³-hybridized carbons (Fsp3) is 0.745. The number of rotatable bonds is 12. The molecule has 2 bridgehead atoms. The number of allylic oxidation sites excluding steroid dienone is 1. The Bertz CT molecular complexity index is 1840. The lowest BCUT2D eigenvalue weighted by Gasteiger charge is -2.71. The zero-order chi connectivity index (χ0) is 41.3.